The molecule has 136 valence electrons. The van der Waals surface area contributed by atoms with Gasteiger partial charge in [0.2, 0.25) is 0 Å². The standard InChI is InChI=1S/C21H25N3OS/c1-16-4-2-3-5-19(16)22-21(26)24-11-9-23(10-12-24)15-17-6-7-20-18(14-17)8-13-25-20/h2-7,14H,8-13,15H2,1H3,(H,22,26). The zero-order chi connectivity index (χ0) is 17.9. The Kier molecular flexibility index (Phi) is 5.09. The second-order valence-electron chi connectivity index (χ2n) is 7.05. The van der Waals surface area contributed by atoms with E-state index >= 15 is 0 Å². The fourth-order valence-electron chi connectivity index (χ4n) is 3.61. The van der Waals surface area contributed by atoms with E-state index in [0.717, 1.165) is 62.3 Å². The highest BCUT2D eigenvalue weighted by Gasteiger charge is 2.20. The maximum atomic E-state index is 5.62. The molecular formula is C21H25N3OS. The zero-order valence-electron chi connectivity index (χ0n) is 15.2. The van der Waals surface area contributed by atoms with Crippen LogP contribution in [0.3, 0.4) is 0 Å². The van der Waals surface area contributed by atoms with Gasteiger partial charge in [0.15, 0.2) is 5.11 Å². The van der Waals surface area contributed by atoms with E-state index in [1.54, 1.807) is 0 Å². The molecule has 4 nitrogen and oxygen atoms in total. The number of benzene rings is 2. The molecule has 0 atom stereocenters. The largest absolute Gasteiger partial charge is 0.493 e. The summed E-state index contributed by atoms with van der Waals surface area (Å²) >= 11 is 5.62. The first-order chi connectivity index (χ1) is 12.7. The van der Waals surface area contributed by atoms with Crippen molar-refractivity contribution >= 4 is 23.0 Å². The van der Waals surface area contributed by atoms with E-state index in [-0.39, 0.29) is 0 Å². The van der Waals surface area contributed by atoms with Crippen LogP contribution in [0.4, 0.5) is 5.69 Å². The van der Waals surface area contributed by atoms with Gasteiger partial charge >= 0.3 is 0 Å². The molecule has 0 spiro atoms. The van der Waals surface area contributed by atoms with Crippen LogP contribution < -0.4 is 10.1 Å². The van der Waals surface area contributed by atoms with Gasteiger partial charge in [0.05, 0.1) is 6.61 Å². The van der Waals surface area contributed by atoms with Gasteiger partial charge in [-0.3, -0.25) is 4.90 Å². The summed E-state index contributed by atoms with van der Waals surface area (Å²) in [6.07, 6.45) is 1.04. The number of aryl methyl sites for hydroxylation is 1. The second kappa shape index (κ2) is 7.64. The van der Waals surface area contributed by atoms with Crippen molar-refractivity contribution in [1.29, 1.82) is 0 Å². The molecule has 0 aliphatic carbocycles. The molecule has 2 aromatic carbocycles. The normalized spacial score (nSPS) is 16.9. The van der Waals surface area contributed by atoms with Crippen LogP contribution in [-0.2, 0) is 13.0 Å². The molecule has 2 aliphatic rings. The number of rotatable bonds is 3. The van der Waals surface area contributed by atoms with E-state index in [2.05, 4.69) is 52.4 Å². The van der Waals surface area contributed by atoms with Crippen LogP contribution in [0.2, 0.25) is 0 Å². The molecule has 26 heavy (non-hydrogen) atoms. The third kappa shape index (κ3) is 3.84. The highest BCUT2D eigenvalue weighted by atomic mass is 32.1. The Balaban J connectivity index is 1.30. The molecule has 0 bridgehead atoms. The SMILES string of the molecule is Cc1ccccc1NC(=S)N1CCN(Cc2ccc3c(c2)CCO3)CC1. The number of ether oxygens (including phenoxy) is 1. The zero-order valence-corrected chi connectivity index (χ0v) is 16.0. The van der Waals surface area contributed by atoms with Crippen molar-refractivity contribution < 1.29 is 4.74 Å². The number of nitrogens with one attached hydrogen (secondary N) is 1. The smallest absolute Gasteiger partial charge is 0.173 e. The Bertz CT molecular complexity index is 800. The molecule has 0 aromatic heterocycles. The van der Waals surface area contributed by atoms with Gasteiger partial charge in [-0.05, 0) is 48.0 Å². The first-order valence-corrected chi connectivity index (χ1v) is 9.68. The molecule has 0 saturated carbocycles. The lowest BCUT2D eigenvalue weighted by Gasteiger charge is -2.36. The number of hydrogen-bond acceptors (Lipinski definition) is 3. The van der Waals surface area contributed by atoms with E-state index in [9.17, 15) is 0 Å². The van der Waals surface area contributed by atoms with Gasteiger partial charge in [0.25, 0.3) is 0 Å². The van der Waals surface area contributed by atoms with Crippen LogP contribution in [0.15, 0.2) is 42.5 Å². The van der Waals surface area contributed by atoms with Gasteiger partial charge in [-0.15, -0.1) is 0 Å². The molecule has 0 amide bonds. The lowest BCUT2D eigenvalue weighted by molar-refractivity contribution is 0.177. The van der Waals surface area contributed by atoms with Gasteiger partial charge in [-0.1, -0.05) is 30.3 Å². The predicted octanol–water partition coefficient (Wildman–Crippen LogP) is 3.44. The summed E-state index contributed by atoms with van der Waals surface area (Å²) < 4.78 is 5.60. The molecule has 1 fully saturated rings. The lowest BCUT2D eigenvalue weighted by Crippen LogP contribution is -2.49. The van der Waals surface area contributed by atoms with Crippen LogP contribution in [-0.4, -0.2) is 47.7 Å². The van der Waals surface area contributed by atoms with E-state index in [0.29, 0.717) is 0 Å². The van der Waals surface area contributed by atoms with Crippen molar-refractivity contribution in [2.45, 2.75) is 19.9 Å². The van der Waals surface area contributed by atoms with Crippen molar-refractivity contribution in [3.8, 4) is 5.75 Å². The summed E-state index contributed by atoms with van der Waals surface area (Å²) in [4.78, 5) is 4.78. The molecule has 2 aromatic rings. The average molecular weight is 368 g/mol. The Hall–Kier alpha value is -2.11. The summed E-state index contributed by atoms with van der Waals surface area (Å²) in [6.45, 7) is 7.91. The Labute approximate surface area is 160 Å². The number of thiocarbonyl (C=S) groups is 1. The number of anilines is 1. The van der Waals surface area contributed by atoms with Crippen LogP contribution >= 0.6 is 12.2 Å². The molecule has 0 unspecified atom stereocenters. The summed E-state index contributed by atoms with van der Waals surface area (Å²) in [5, 5.41) is 4.23. The predicted molar refractivity (Wildman–Crippen MR) is 110 cm³/mol. The highest BCUT2D eigenvalue weighted by Crippen LogP contribution is 2.26. The summed E-state index contributed by atoms with van der Waals surface area (Å²) in [5.74, 6) is 1.06. The van der Waals surface area contributed by atoms with Gasteiger partial charge in [-0.25, -0.2) is 0 Å². The minimum Gasteiger partial charge on any atom is -0.493 e. The molecule has 1 N–H and O–H groups in total. The number of nitrogens with zero attached hydrogens (tertiary/aromatic N) is 2. The monoisotopic (exact) mass is 367 g/mol. The minimum atomic E-state index is 0.822. The summed E-state index contributed by atoms with van der Waals surface area (Å²) in [5.41, 5.74) is 5.04. The maximum absolute atomic E-state index is 5.62. The number of fused-ring (bicyclic) bond motifs is 1. The summed E-state index contributed by atoms with van der Waals surface area (Å²) in [6, 6.07) is 14.9. The molecule has 2 aliphatic heterocycles. The number of piperazine rings is 1. The summed E-state index contributed by atoms with van der Waals surface area (Å²) in [7, 11) is 0. The van der Waals surface area contributed by atoms with Crippen molar-refractivity contribution in [3.05, 3.63) is 59.2 Å². The van der Waals surface area contributed by atoms with E-state index in [4.69, 9.17) is 17.0 Å². The van der Waals surface area contributed by atoms with Crippen molar-refractivity contribution in [3.63, 3.8) is 0 Å². The molecule has 1 saturated heterocycles. The minimum absolute atomic E-state index is 0.822. The first-order valence-electron chi connectivity index (χ1n) is 9.27. The van der Waals surface area contributed by atoms with Crippen LogP contribution in [0.25, 0.3) is 0 Å². The van der Waals surface area contributed by atoms with Gasteiger partial charge in [-0.2, -0.15) is 0 Å². The number of hydrogen-bond donors (Lipinski definition) is 1. The van der Waals surface area contributed by atoms with Crippen molar-refractivity contribution in [1.82, 2.24) is 9.80 Å². The van der Waals surface area contributed by atoms with Crippen molar-refractivity contribution in [2.24, 2.45) is 0 Å². The van der Waals surface area contributed by atoms with Crippen LogP contribution in [0.1, 0.15) is 16.7 Å². The molecular weight excluding hydrogens is 342 g/mol. The number of para-hydroxylation sites is 1. The van der Waals surface area contributed by atoms with Gasteiger partial charge in [0, 0.05) is 44.8 Å². The highest BCUT2D eigenvalue weighted by molar-refractivity contribution is 7.80. The fourth-order valence-corrected chi connectivity index (χ4v) is 3.91. The molecule has 5 heteroatoms. The van der Waals surface area contributed by atoms with Crippen LogP contribution in [0.5, 0.6) is 5.75 Å². The second-order valence-corrected chi connectivity index (χ2v) is 7.44. The van der Waals surface area contributed by atoms with Gasteiger partial charge in [0.1, 0.15) is 5.75 Å². The topological polar surface area (TPSA) is 27.7 Å². The molecule has 0 radical (unpaired) electrons. The van der Waals surface area contributed by atoms with Crippen LogP contribution in [0, 0.1) is 6.92 Å². The fraction of sp³-hybridized carbons (Fsp3) is 0.381. The Morgan fingerprint density at radius 1 is 1.12 bits per heavy atom. The molecule has 2 heterocycles. The Morgan fingerprint density at radius 3 is 2.73 bits per heavy atom. The van der Waals surface area contributed by atoms with Gasteiger partial charge < -0.3 is 15.0 Å². The molecule has 4 rings (SSSR count). The quantitative estimate of drug-likeness (QED) is 0.839. The third-order valence-corrected chi connectivity index (χ3v) is 5.57. The van der Waals surface area contributed by atoms with Crippen molar-refractivity contribution in [2.75, 3.05) is 38.1 Å². The van der Waals surface area contributed by atoms with E-state index < -0.39 is 0 Å². The lowest BCUT2D eigenvalue weighted by atomic mass is 10.1. The van der Waals surface area contributed by atoms with E-state index in [1.165, 1.54) is 16.7 Å². The average Bonchev–Trinajstić information content (AvgIpc) is 3.12. The maximum Gasteiger partial charge on any atom is 0.173 e. The van der Waals surface area contributed by atoms with E-state index in [1.807, 2.05) is 12.1 Å². The third-order valence-electron chi connectivity index (χ3n) is 5.21. The first kappa shape index (κ1) is 17.3. The Morgan fingerprint density at radius 2 is 1.92 bits per heavy atom.